The Balaban J connectivity index is 1.50. The minimum atomic E-state index is -0.890. The Morgan fingerprint density at radius 2 is 1.85 bits per heavy atom. The molecule has 4 aliphatic rings. The normalized spacial score (nSPS) is 34.2. The molecule has 0 aliphatic heterocycles. The highest BCUT2D eigenvalue weighted by molar-refractivity contribution is 5.81. The first-order valence-corrected chi connectivity index (χ1v) is 10.2. The molecule has 4 saturated carbocycles. The van der Waals surface area contributed by atoms with Crippen LogP contribution in [0, 0.1) is 41.4 Å². The van der Waals surface area contributed by atoms with Crippen LogP contribution in [-0.4, -0.2) is 30.2 Å². The molecule has 2 heterocycles. The predicted octanol–water partition coefficient (Wildman–Crippen LogP) is 2.60. The van der Waals surface area contributed by atoms with E-state index >= 15 is 0 Å². The molecule has 0 unspecified atom stereocenters. The molecule has 4 bridgehead atoms. The summed E-state index contributed by atoms with van der Waals surface area (Å²) in [6, 6.07) is 0. The monoisotopic (exact) mass is 365 g/mol. The first kappa shape index (κ1) is 17.0. The van der Waals surface area contributed by atoms with Gasteiger partial charge in [0, 0.05) is 6.54 Å². The van der Waals surface area contributed by atoms with Crippen LogP contribution in [0.4, 0.5) is 5.82 Å². The minimum absolute atomic E-state index is 0.300. The third-order valence-electron chi connectivity index (χ3n) is 6.81. The van der Waals surface area contributed by atoms with Gasteiger partial charge in [0.05, 0.1) is 6.33 Å². The highest BCUT2D eigenvalue weighted by Gasteiger charge is 2.55. The summed E-state index contributed by atoms with van der Waals surface area (Å²) in [6.07, 6.45) is 7.57. The van der Waals surface area contributed by atoms with Crippen LogP contribution in [0.15, 0.2) is 6.33 Å². The molecule has 2 aromatic rings. The van der Waals surface area contributed by atoms with E-state index in [1.54, 1.807) is 6.33 Å². The van der Waals surface area contributed by atoms with Crippen molar-refractivity contribution >= 4 is 17.0 Å². The lowest BCUT2D eigenvalue weighted by Crippen LogP contribution is -2.56. The molecule has 0 atom stereocenters. The highest BCUT2D eigenvalue weighted by atomic mass is 16.3. The van der Waals surface area contributed by atoms with Crippen molar-refractivity contribution in [3.8, 4) is 11.8 Å². The molecule has 0 aromatic carbocycles. The number of nitrogens with zero attached hydrogens (tertiary/aromatic N) is 4. The Hall–Kier alpha value is -2.13. The molecule has 142 valence electrons. The van der Waals surface area contributed by atoms with E-state index in [4.69, 9.17) is 5.73 Å². The van der Waals surface area contributed by atoms with Gasteiger partial charge in [-0.3, -0.25) is 0 Å². The van der Waals surface area contributed by atoms with Crippen LogP contribution in [0.3, 0.4) is 0 Å². The van der Waals surface area contributed by atoms with Gasteiger partial charge < -0.3 is 15.4 Å². The second-order valence-electron chi connectivity index (χ2n) is 9.28. The van der Waals surface area contributed by atoms with Crippen molar-refractivity contribution < 1.29 is 5.11 Å². The number of aliphatic hydroxyl groups is 1. The molecule has 0 amide bonds. The molecule has 4 aliphatic carbocycles. The number of anilines is 1. The van der Waals surface area contributed by atoms with Crippen molar-refractivity contribution in [3.05, 3.63) is 12.2 Å². The first-order chi connectivity index (χ1) is 12.9. The summed E-state index contributed by atoms with van der Waals surface area (Å²) >= 11 is 0. The standard InChI is InChI=1S/C21H27N5O/c1-12(2)10-26-11-23-18-19(22)24-17(25-20(18)26)3-4-21(27)15-6-13-5-14(8-15)9-16(21)7-13/h11-16,27H,5-10H2,1-2H3,(H2,22,24,25). The number of hydrogen-bond acceptors (Lipinski definition) is 5. The zero-order valence-electron chi connectivity index (χ0n) is 16.0. The number of nitrogen functional groups attached to an aromatic ring is 1. The Morgan fingerprint density at radius 3 is 2.48 bits per heavy atom. The van der Waals surface area contributed by atoms with Gasteiger partial charge in [0.2, 0.25) is 5.82 Å². The fraction of sp³-hybridized carbons (Fsp3) is 0.667. The summed E-state index contributed by atoms with van der Waals surface area (Å²) in [5.41, 5.74) is 6.55. The van der Waals surface area contributed by atoms with E-state index in [2.05, 4.69) is 40.6 Å². The van der Waals surface area contributed by atoms with E-state index in [9.17, 15) is 5.11 Å². The van der Waals surface area contributed by atoms with E-state index in [-0.39, 0.29) is 0 Å². The zero-order chi connectivity index (χ0) is 18.8. The summed E-state index contributed by atoms with van der Waals surface area (Å²) in [5, 5.41) is 11.4. The maximum Gasteiger partial charge on any atom is 0.209 e. The van der Waals surface area contributed by atoms with Crippen LogP contribution in [0.1, 0.15) is 51.8 Å². The lowest BCUT2D eigenvalue weighted by atomic mass is 9.50. The molecule has 27 heavy (non-hydrogen) atoms. The molecule has 2 aromatic heterocycles. The maximum absolute atomic E-state index is 11.4. The third kappa shape index (κ3) is 2.71. The fourth-order valence-corrected chi connectivity index (χ4v) is 5.81. The van der Waals surface area contributed by atoms with Gasteiger partial charge in [-0.1, -0.05) is 19.8 Å². The van der Waals surface area contributed by atoms with Crippen molar-refractivity contribution in [1.29, 1.82) is 0 Å². The molecule has 6 rings (SSSR count). The van der Waals surface area contributed by atoms with Crippen LogP contribution in [0.2, 0.25) is 0 Å². The van der Waals surface area contributed by atoms with Crippen molar-refractivity contribution in [2.75, 3.05) is 5.73 Å². The van der Waals surface area contributed by atoms with Gasteiger partial charge in [0.1, 0.15) is 11.1 Å². The molecule has 6 nitrogen and oxygen atoms in total. The summed E-state index contributed by atoms with van der Waals surface area (Å²) in [4.78, 5) is 13.3. The lowest BCUT2D eigenvalue weighted by molar-refractivity contribution is -0.136. The molecule has 0 radical (unpaired) electrons. The topological polar surface area (TPSA) is 89.9 Å². The molecule has 3 N–H and O–H groups in total. The van der Waals surface area contributed by atoms with Gasteiger partial charge >= 0.3 is 0 Å². The predicted molar refractivity (Wildman–Crippen MR) is 103 cm³/mol. The zero-order valence-corrected chi connectivity index (χ0v) is 16.0. The van der Waals surface area contributed by atoms with Gasteiger partial charge in [-0.2, -0.15) is 0 Å². The minimum Gasteiger partial charge on any atom is -0.382 e. The van der Waals surface area contributed by atoms with Gasteiger partial charge in [-0.15, -0.1) is 0 Å². The summed E-state index contributed by atoms with van der Waals surface area (Å²) in [6.45, 7) is 5.12. The number of fused-ring (bicyclic) bond motifs is 1. The molecular weight excluding hydrogens is 338 g/mol. The second kappa shape index (κ2) is 5.93. The van der Waals surface area contributed by atoms with E-state index in [0.717, 1.165) is 49.7 Å². The lowest BCUT2D eigenvalue weighted by Gasteiger charge is -2.56. The van der Waals surface area contributed by atoms with Crippen molar-refractivity contribution in [2.24, 2.45) is 29.6 Å². The summed E-state index contributed by atoms with van der Waals surface area (Å²) in [7, 11) is 0. The van der Waals surface area contributed by atoms with Crippen LogP contribution in [0.25, 0.3) is 11.2 Å². The molecule has 0 spiro atoms. The fourth-order valence-electron chi connectivity index (χ4n) is 5.81. The Morgan fingerprint density at radius 1 is 1.19 bits per heavy atom. The van der Waals surface area contributed by atoms with E-state index < -0.39 is 5.60 Å². The average Bonchev–Trinajstić information content (AvgIpc) is 3.00. The molecule has 0 saturated heterocycles. The first-order valence-electron chi connectivity index (χ1n) is 10.2. The van der Waals surface area contributed by atoms with Crippen molar-refractivity contribution in [3.63, 3.8) is 0 Å². The molecule has 6 heteroatoms. The Kier molecular flexibility index (Phi) is 3.74. The summed E-state index contributed by atoms with van der Waals surface area (Å²) < 4.78 is 2.00. The van der Waals surface area contributed by atoms with Gasteiger partial charge in [0.15, 0.2) is 11.5 Å². The smallest absolute Gasteiger partial charge is 0.209 e. The van der Waals surface area contributed by atoms with Crippen LogP contribution in [-0.2, 0) is 6.54 Å². The highest BCUT2D eigenvalue weighted by Crippen LogP contribution is 2.58. The Bertz CT molecular complexity index is 923. The SMILES string of the molecule is CC(C)Cn1cnc2c(N)nc(C#CC3(O)C4CC5CC(C4)CC3C5)nc21. The van der Waals surface area contributed by atoms with E-state index in [0.29, 0.717) is 34.9 Å². The maximum atomic E-state index is 11.4. The van der Waals surface area contributed by atoms with Crippen molar-refractivity contribution in [2.45, 2.75) is 58.1 Å². The summed E-state index contributed by atoms with van der Waals surface area (Å²) in [5.74, 6) is 9.67. The van der Waals surface area contributed by atoms with Crippen LogP contribution < -0.4 is 5.73 Å². The third-order valence-corrected chi connectivity index (χ3v) is 6.81. The molecule has 4 fully saturated rings. The number of imidazole rings is 1. The number of aromatic nitrogens is 4. The van der Waals surface area contributed by atoms with Gasteiger partial charge in [-0.05, 0) is 67.6 Å². The van der Waals surface area contributed by atoms with Crippen LogP contribution >= 0.6 is 0 Å². The van der Waals surface area contributed by atoms with Crippen LogP contribution in [0.5, 0.6) is 0 Å². The van der Waals surface area contributed by atoms with Gasteiger partial charge in [0.25, 0.3) is 0 Å². The number of rotatable bonds is 2. The second-order valence-corrected chi connectivity index (χ2v) is 9.28. The number of hydrogen-bond donors (Lipinski definition) is 2. The largest absolute Gasteiger partial charge is 0.382 e. The number of nitrogens with two attached hydrogens (primary N) is 1. The quantitative estimate of drug-likeness (QED) is 0.799. The average molecular weight is 365 g/mol. The van der Waals surface area contributed by atoms with E-state index in [1.807, 2.05) is 4.57 Å². The van der Waals surface area contributed by atoms with Gasteiger partial charge in [-0.25, -0.2) is 15.0 Å². The molecular formula is C21H27N5O. The Labute approximate surface area is 159 Å². The van der Waals surface area contributed by atoms with E-state index in [1.165, 1.54) is 6.42 Å². The van der Waals surface area contributed by atoms with Crippen molar-refractivity contribution in [1.82, 2.24) is 19.5 Å².